The summed E-state index contributed by atoms with van der Waals surface area (Å²) in [5.74, 6) is 0.492. The van der Waals surface area contributed by atoms with Crippen molar-refractivity contribution in [2.45, 2.75) is 6.42 Å². The molecular weight excluding hydrogens is 340 g/mol. The molecule has 0 aliphatic carbocycles. The lowest BCUT2D eigenvalue weighted by atomic mass is 9.98. The van der Waals surface area contributed by atoms with Gasteiger partial charge >= 0.3 is 0 Å². The van der Waals surface area contributed by atoms with Gasteiger partial charge in [-0.2, -0.15) is 5.10 Å². The summed E-state index contributed by atoms with van der Waals surface area (Å²) in [6.07, 6.45) is 1.83. The number of halogens is 1. The number of carbonyl (C=O) groups excluding carboxylic acids is 1. The van der Waals surface area contributed by atoms with Crippen LogP contribution in [0.2, 0.25) is 5.02 Å². The van der Waals surface area contributed by atoms with Gasteiger partial charge in [0.05, 0.1) is 12.1 Å². The van der Waals surface area contributed by atoms with Crippen LogP contribution in [0, 0.1) is 0 Å². The fraction of sp³-hybridized carbons (Fsp3) is 0.105. The highest BCUT2D eigenvalue weighted by Gasteiger charge is 2.16. The Morgan fingerprint density at radius 3 is 2.56 bits per heavy atom. The van der Waals surface area contributed by atoms with Gasteiger partial charge in [0.15, 0.2) is 5.78 Å². The fourth-order valence-corrected chi connectivity index (χ4v) is 2.78. The molecule has 3 aromatic rings. The molecule has 0 amide bonds. The third-order valence-electron chi connectivity index (χ3n) is 3.86. The molecule has 0 fully saturated rings. The highest BCUT2D eigenvalue weighted by molar-refractivity contribution is 6.35. The predicted octanol–water partition coefficient (Wildman–Crippen LogP) is 3.25. The van der Waals surface area contributed by atoms with Crippen LogP contribution in [0.3, 0.4) is 0 Å². The number of rotatable bonds is 5. The molecule has 0 unspecified atom stereocenters. The number of hydrogen-bond donors (Lipinski definition) is 1. The number of benzene rings is 2. The van der Waals surface area contributed by atoms with Crippen LogP contribution in [-0.4, -0.2) is 23.1 Å². The van der Waals surface area contributed by atoms with Gasteiger partial charge in [-0.05, 0) is 42.0 Å². The number of hydrogen-bond acceptors (Lipinski definition) is 4. The van der Waals surface area contributed by atoms with Crippen LogP contribution < -0.4 is 10.3 Å². The van der Waals surface area contributed by atoms with E-state index in [4.69, 9.17) is 16.3 Å². The second kappa shape index (κ2) is 7.32. The molecule has 0 saturated heterocycles. The van der Waals surface area contributed by atoms with E-state index in [2.05, 4.69) is 10.2 Å². The zero-order chi connectivity index (χ0) is 17.8. The number of ether oxygens (including phenoxy) is 1. The lowest BCUT2D eigenvalue weighted by molar-refractivity contribution is 0.103. The summed E-state index contributed by atoms with van der Waals surface area (Å²) in [5.41, 5.74) is 1.88. The molecule has 1 N–H and O–H groups in total. The Labute approximate surface area is 149 Å². The Balaban J connectivity index is 1.93. The highest BCUT2D eigenvalue weighted by Crippen LogP contribution is 2.26. The first-order chi connectivity index (χ1) is 12.1. The zero-order valence-electron chi connectivity index (χ0n) is 13.5. The van der Waals surface area contributed by atoms with Gasteiger partial charge in [0, 0.05) is 29.3 Å². The van der Waals surface area contributed by atoms with Gasteiger partial charge in [-0.25, -0.2) is 5.10 Å². The summed E-state index contributed by atoms with van der Waals surface area (Å²) >= 11 is 6.44. The van der Waals surface area contributed by atoms with E-state index in [0.29, 0.717) is 39.4 Å². The Bertz CT molecular complexity index is 965. The molecule has 0 atom stereocenters. The minimum atomic E-state index is -0.273. The first-order valence-electron chi connectivity index (χ1n) is 7.59. The van der Waals surface area contributed by atoms with Crippen molar-refractivity contribution in [3.63, 3.8) is 0 Å². The van der Waals surface area contributed by atoms with E-state index in [0.717, 1.165) is 0 Å². The lowest BCUT2D eigenvalue weighted by Gasteiger charge is -2.09. The maximum Gasteiger partial charge on any atom is 0.267 e. The monoisotopic (exact) mass is 354 g/mol. The normalized spacial score (nSPS) is 10.5. The van der Waals surface area contributed by atoms with Gasteiger partial charge in [-0.15, -0.1) is 0 Å². The van der Waals surface area contributed by atoms with E-state index in [-0.39, 0.29) is 11.3 Å². The van der Waals surface area contributed by atoms with Crippen LogP contribution in [0.25, 0.3) is 0 Å². The van der Waals surface area contributed by atoms with Crippen LogP contribution in [0.4, 0.5) is 0 Å². The maximum atomic E-state index is 12.7. The molecule has 0 bridgehead atoms. The third kappa shape index (κ3) is 3.61. The summed E-state index contributed by atoms with van der Waals surface area (Å²) in [6, 6.07) is 13.7. The number of nitrogens with one attached hydrogen (secondary N) is 1. The summed E-state index contributed by atoms with van der Waals surface area (Å²) in [6.45, 7) is 0. The fourth-order valence-electron chi connectivity index (χ4n) is 2.50. The number of carbonyl (C=O) groups is 1. The topological polar surface area (TPSA) is 72.0 Å². The molecular formula is C19H15ClN2O3. The van der Waals surface area contributed by atoms with Gasteiger partial charge in [-0.1, -0.05) is 23.7 Å². The van der Waals surface area contributed by atoms with Crippen molar-refractivity contribution in [1.82, 2.24) is 10.2 Å². The second-order valence-electron chi connectivity index (χ2n) is 5.42. The predicted molar refractivity (Wildman–Crippen MR) is 95.5 cm³/mol. The van der Waals surface area contributed by atoms with Gasteiger partial charge in [0.1, 0.15) is 5.75 Å². The zero-order valence-corrected chi connectivity index (χ0v) is 14.2. The molecule has 6 heteroatoms. The van der Waals surface area contributed by atoms with Crippen LogP contribution in [0.1, 0.15) is 27.0 Å². The van der Waals surface area contributed by atoms with E-state index in [1.807, 2.05) is 0 Å². The maximum absolute atomic E-state index is 12.7. The van der Waals surface area contributed by atoms with Crippen LogP contribution >= 0.6 is 11.6 Å². The summed E-state index contributed by atoms with van der Waals surface area (Å²) < 4.78 is 5.10. The number of nitrogens with zero attached hydrogens (tertiary/aromatic N) is 1. The van der Waals surface area contributed by atoms with E-state index in [1.54, 1.807) is 55.6 Å². The minimum absolute atomic E-state index is 0.182. The molecule has 5 nitrogen and oxygen atoms in total. The number of methoxy groups -OCH3 is 1. The Morgan fingerprint density at radius 2 is 1.88 bits per heavy atom. The Hall–Kier alpha value is -2.92. The molecule has 0 spiro atoms. The Kier molecular flexibility index (Phi) is 4.95. The number of aromatic amines is 1. The second-order valence-corrected chi connectivity index (χ2v) is 5.80. The third-order valence-corrected chi connectivity index (χ3v) is 4.31. The quantitative estimate of drug-likeness (QED) is 0.714. The minimum Gasteiger partial charge on any atom is -0.497 e. The van der Waals surface area contributed by atoms with Crippen molar-refractivity contribution in [3.05, 3.63) is 92.4 Å². The van der Waals surface area contributed by atoms with Crippen molar-refractivity contribution < 1.29 is 9.53 Å². The summed E-state index contributed by atoms with van der Waals surface area (Å²) in [5, 5.41) is 6.41. The summed E-state index contributed by atoms with van der Waals surface area (Å²) in [4.78, 5) is 24.5. The van der Waals surface area contributed by atoms with Gasteiger partial charge < -0.3 is 4.74 Å². The summed E-state index contributed by atoms with van der Waals surface area (Å²) in [7, 11) is 1.57. The molecule has 0 saturated carbocycles. The van der Waals surface area contributed by atoms with E-state index >= 15 is 0 Å². The van der Waals surface area contributed by atoms with Crippen LogP contribution in [-0.2, 0) is 6.42 Å². The Morgan fingerprint density at radius 1 is 1.12 bits per heavy atom. The first kappa shape index (κ1) is 16.9. The van der Waals surface area contributed by atoms with Crippen molar-refractivity contribution in [2.75, 3.05) is 7.11 Å². The molecule has 1 heterocycles. The SMILES string of the molecule is COc1ccc(C(=O)c2cccc(Cc3ccn[nH]c3=O)c2Cl)cc1. The van der Waals surface area contributed by atoms with Crippen molar-refractivity contribution in [2.24, 2.45) is 0 Å². The number of aromatic nitrogens is 2. The molecule has 126 valence electrons. The number of ketones is 1. The van der Waals surface area contributed by atoms with E-state index in [9.17, 15) is 9.59 Å². The van der Waals surface area contributed by atoms with Crippen molar-refractivity contribution >= 4 is 17.4 Å². The smallest absolute Gasteiger partial charge is 0.267 e. The highest BCUT2D eigenvalue weighted by atomic mass is 35.5. The largest absolute Gasteiger partial charge is 0.497 e. The number of H-pyrrole nitrogens is 1. The van der Waals surface area contributed by atoms with Gasteiger partial charge in [0.25, 0.3) is 5.56 Å². The molecule has 0 aliphatic heterocycles. The lowest BCUT2D eigenvalue weighted by Crippen LogP contribution is -2.14. The molecule has 3 rings (SSSR count). The van der Waals surface area contributed by atoms with Crippen molar-refractivity contribution in [1.29, 1.82) is 0 Å². The van der Waals surface area contributed by atoms with Crippen molar-refractivity contribution in [3.8, 4) is 5.75 Å². The first-order valence-corrected chi connectivity index (χ1v) is 7.96. The molecule has 0 aliphatic rings. The average Bonchev–Trinajstić information content (AvgIpc) is 2.65. The molecule has 1 aromatic heterocycles. The van der Waals surface area contributed by atoms with Gasteiger partial charge in [0.2, 0.25) is 0 Å². The average molecular weight is 355 g/mol. The van der Waals surface area contributed by atoms with Crippen LogP contribution in [0.15, 0.2) is 59.5 Å². The van der Waals surface area contributed by atoms with E-state index < -0.39 is 0 Å². The standard InChI is InChI=1S/C19H15ClN2O3/c1-25-15-7-5-12(6-8-15)18(23)16-4-2-3-13(17(16)20)11-14-9-10-21-22-19(14)24/h2-10H,11H2,1H3,(H,22,24). The van der Waals surface area contributed by atoms with Gasteiger partial charge in [-0.3, -0.25) is 9.59 Å². The van der Waals surface area contributed by atoms with E-state index in [1.165, 1.54) is 6.20 Å². The molecule has 0 radical (unpaired) electrons. The molecule has 25 heavy (non-hydrogen) atoms. The van der Waals surface area contributed by atoms with Crippen LogP contribution in [0.5, 0.6) is 5.75 Å². The molecule has 2 aromatic carbocycles.